The van der Waals surface area contributed by atoms with Crippen LogP contribution in [0.15, 0.2) is 30.5 Å². The molecule has 0 bridgehead atoms. The normalized spacial score (nSPS) is 25.7. The molecule has 4 fully saturated rings. The van der Waals surface area contributed by atoms with Crippen LogP contribution in [-0.4, -0.2) is 75.1 Å². The van der Waals surface area contributed by atoms with Gasteiger partial charge in [0.1, 0.15) is 41.0 Å². The number of fused-ring (bicyclic) bond motifs is 4. The lowest BCUT2D eigenvalue weighted by molar-refractivity contribution is 0.0857. The van der Waals surface area contributed by atoms with Crippen molar-refractivity contribution in [1.82, 2.24) is 24.6 Å². The van der Waals surface area contributed by atoms with E-state index in [1.165, 1.54) is 16.8 Å². The Morgan fingerprint density at radius 1 is 1.22 bits per heavy atom. The minimum absolute atomic E-state index is 0.0175. The van der Waals surface area contributed by atoms with Gasteiger partial charge in [0.15, 0.2) is 5.82 Å². The van der Waals surface area contributed by atoms with Crippen molar-refractivity contribution < 1.29 is 22.7 Å². The van der Waals surface area contributed by atoms with E-state index < -0.39 is 23.3 Å². The second-order valence-electron chi connectivity index (χ2n) is 14.2. The van der Waals surface area contributed by atoms with Crippen molar-refractivity contribution >= 4 is 60.7 Å². The summed E-state index contributed by atoms with van der Waals surface area (Å²) in [7, 11) is 0. The van der Waals surface area contributed by atoms with E-state index in [2.05, 4.69) is 15.0 Å². The molecule has 51 heavy (non-hydrogen) atoms. The lowest BCUT2D eigenvalue weighted by Crippen LogP contribution is -2.43. The van der Waals surface area contributed by atoms with E-state index in [1.54, 1.807) is 18.3 Å². The number of ether oxygens (including phenoxy) is 1. The number of benzene rings is 2. The molecule has 15 heteroatoms. The maximum Gasteiger partial charge on any atom is 0.319 e. The Bertz CT molecular complexity index is 2330. The van der Waals surface area contributed by atoms with Gasteiger partial charge in [-0.25, -0.2) is 17.9 Å². The number of aryl methyl sites for hydroxylation is 1. The third kappa shape index (κ3) is 5.07. The quantitative estimate of drug-likeness (QED) is 0.201. The molecule has 3 saturated heterocycles. The number of piperidine rings is 1. The average molecular weight is 733 g/mol. The van der Waals surface area contributed by atoms with Crippen LogP contribution in [0, 0.1) is 47.6 Å². The fourth-order valence-corrected chi connectivity index (χ4v) is 10.1. The summed E-state index contributed by atoms with van der Waals surface area (Å²) in [5.41, 5.74) is 6.48. The smallest absolute Gasteiger partial charge is 0.319 e. The van der Waals surface area contributed by atoms with Crippen molar-refractivity contribution in [3.63, 3.8) is 0 Å². The summed E-state index contributed by atoms with van der Waals surface area (Å²) >= 11 is 7.80. The molecule has 9 rings (SSSR count). The largest absolute Gasteiger partial charge is 0.461 e. The van der Waals surface area contributed by atoms with Crippen LogP contribution in [0.5, 0.6) is 6.01 Å². The number of nitrogens with zero attached hydrogens (tertiary/aromatic N) is 7. The van der Waals surface area contributed by atoms with Gasteiger partial charge in [-0.2, -0.15) is 20.3 Å². The van der Waals surface area contributed by atoms with Gasteiger partial charge in [0.2, 0.25) is 0 Å². The van der Waals surface area contributed by atoms with Crippen molar-refractivity contribution in [2.24, 2.45) is 17.8 Å². The summed E-state index contributed by atoms with van der Waals surface area (Å²) in [6.07, 6.45) is 3.48. The zero-order valence-electron chi connectivity index (χ0n) is 27.5. The first-order valence-corrected chi connectivity index (χ1v) is 18.2. The molecule has 1 unspecified atom stereocenters. The third-order valence-electron chi connectivity index (χ3n) is 11.3. The first-order valence-electron chi connectivity index (χ1n) is 17.0. The summed E-state index contributed by atoms with van der Waals surface area (Å²) in [4.78, 5) is 26.9. The predicted octanol–water partition coefficient (Wildman–Crippen LogP) is 6.77. The lowest BCUT2D eigenvalue weighted by Gasteiger charge is -2.31. The van der Waals surface area contributed by atoms with E-state index in [0.29, 0.717) is 37.3 Å². The molecule has 5 aromatic rings. The Morgan fingerprint density at radius 2 is 2.06 bits per heavy atom. The third-order valence-corrected chi connectivity index (χ3v) is 12.6. The Labute approximate surface area is 299 Å². The number of hydrogen-bond acceptors (Lipinski definition) is 10. The van der Waals surface area contributed by atoms with Gasteiger partial charge in [0, 0.05) is 54.5 Å². The lowest BCUT2D eigenvalue weighted by atomic mass is 9.95. The number of carbonyl (C=O) groups is 1. The molecule has 2 N–H and O–H groups in total. The number of nitrogens with two attached hydrogens (primary N) is 1. The molecule has 0 amide bonds. The van der Waals surface area contributed by atoms with Crippen molar-refractivity contribution in [3.05, 3.63) is 58.4 Å². The summed E-state index contributed by atoms with van der Waals surface area (Å²) in [5, 5.41) is 14.9. The van der Waals surface area contributed by atoms with Gasteiger partial charge in [-0.1, -0.05) is 17.7 Å². The summed E-state index contributed by atoms with van der Waals surface area (Å²) in [6.45, 7) is 4.15. The molecular weight excluding hydrogens is 701 g/mol. The molecule has 5 atom stereocenters. The fraction of sp³-hybridized carbons (Fsp3) is 0.417. The van der Waals surface area contributed by atoms with Crippen molar-refractivity contribution in [3.8, 4) is 23.2 Å². The number of alkyl halides is 1. The minimum atomic E-state index is -0.956. The highest BCUT2D eigenvalue weighted by Gasteiger charge is 2.57. The number of halogens is 4. The number of aromatic nitrogens is 4. The number of rotatable bonds is 6. The van der Waals surface area contributed by atoms with Crippen LogP contribution in [0.25, 0.3) is 32.1 Å². The first-order chi connectivity index (χ1) is 24.6. The van der Waals surface area contributed by atoms with Gasteiger partial charge in [0.05, 0.1) is 26.5 Å². The standard InChI is InChI=1S/C36H32ClF3N8O2S/c1-17-5-10-48(45-17)34(49)27-19-6-9-46(15-23(19)27)33-21-11-24(37)28(20-3-4-25(39)31-26(20)22(13-41)32(42)51-31)29(40)30(21)43-35(44-33)50-16-36-7-2-8-47(36)14-18(38)12-36/h3-5,10-11,18-19,23,27H,2,6-9,12,14-16,42H2,1H3/t18-,19-,23+,27?,36+/m1/s1. The molecule has 0 radical (unpaired) electrons. The van der Waals surface area contributed by atoms with Crippen LogP contribution >= 0.6 is 22.9 Å². The topological polar surface area (TPSA) is 126 Å². The van der Waals surface area contributed by atoms with Gasteiger partial charge in [-0.05, 0) is 68.3 Å². The SMILES string of the molecule is Cc1ccn(C(=O)C2[C@H]3CN(c4nc(OC[C@@]56CCCN5C[C@H](F)C6)nc5c(F)c(-c6ccc(F)c7sc(N)c(C#N)c67)c(Cl)cc45)CC[C@@H]23)n1. The van der Waals surface area contributed by atoms with E-state index in [9.17, 15) is 18.8 Å². The van der Waals surface area contributed by atoms with Gasteiger partial charge in [-0.3, -0.25) is 9.69 Å². The molecule has 10 nitrogen and oxygen atoms in total. The van der Waals surface area contributed by atoms with E-state index >= 15 is 4.39 Å². The molecule has 2 aromatic carbocycles. The number of nitrogen functional groups attached to an aromatic ring is 1. The molecular formula is C36H32ClF3N8O2S. The van der Waals surface area contributed by atoms with Gasteiger partial charge in [0.25, 0.3) is 5.91 Å². The van der Waals surface area contributed by atoms with Gasteiger partial charge >= 0.3 is 6.01 Å². The predicted molar refractivity (Wildman–Crippen MR) is 188 cm³/mol. The maximum atomic E-state index is 17.1. The minimum Gasteiger partial charge on any atom is -0.461 e. The van der Waals surface area contributed by atoms with E-state index in [1.807, 2.05) is 17.9 Å². The Balaban J connectivity index is 1.14. The Morgan fingerprint density at radius 3 is 2.84 bits per heavy atom. The van der Waals surface area contributed by atoms with Crippen LogP contribution in [0.1, 0.15) is 41.7 Å². The summed E-state index contributed by atoms with van der Waals surface area (Å²) in [5.74, 6) is -0.957. The zero-order valence-corrected chi connectivity index (χ0v) is 29.1. The highest BCUT2D eigenvalue weighted by Crippen LogP contribution is 2.54. The number of anilines is 2. The Hall–Kier alpha value is -4.45. The van der Waals surface area contributed by atoms with Gasteiger partial charge < -0.3 is 15.4 Å². The van der Waals surface area contributed by atoms with E-state index in [0.717, 1.165) is 42.8 Å². The molecule has 0 spiro atoms. The average Bonchev–Trinajstić information content (AvgIpc) is 3.44. The molecule has 4 aliphatic rings. The van der Waals surface area contributed by atoms with E-state index in [4.69, 9.17) is 27.1 Å². The van der Waals surface area contributed by atoms with Crippen LogP contribution in [0.4, 0.5) is 24.0 Å². The number of hydrogen-bond donors (Lipinski definition) is 1. The second-order valence-corrected chi connectivity index (χ2v) is 15.7. The van der Waals surface area contributed by atoms with Gasteiger partial charge in [-0.15, -0.1) is 11.3 Å². The number of carbonyl (C=O) groups excluding carboxylic acids is 1. The zero-order chi connectivity index (χ0) is 35.3. The van der Waals surface area contributed by atoms with Crippen LogP contribution < -0.4 is 15.4 Å². The maximum absolute atomic E-state index is 17.1. The highest BCUT2D eigenvalue weighted by atomic mass is 35.5. The fourth-order valence-electron chi connectivity index (χ4n) is 8.86. The van der Waals surface area contributed by atoms with Crippen LogP contribution in [0.2, 0.25) is 5.02 Å². The van der Waals surface area contributed by atoms with Crippen LogP contribution in [0.3, 0.4) is 0 Å². The molecule has 3 aromatic heterocycles. The molecule has 1 saturated carbocycles. The van der Waals surface area contributed by atoms with Crippen LogP contribution in [-0.2, 0) is 0 Å². The van der Waals surface area contributed by atoms with Crippen molar-refractivity contribution in [2.75, 3.05) is 43.4 Å². The van der Waals surface area contributed by atoms with Crippen molar-refractivity contribution in [1.29, 1.82) is 5.26 Å². The molecule has 1 aliphatic carbocycles. The molecule has 3 aliphatic heterocycles. The second kappa shape index (κ2) is 11.8. The summed E-state index contributed by atoms with van der Waals surface area (Å²) in [6, 6.07) is 7.93. The molecule has 6 heterocycles. The monoisotopic (exact) mass is 732 g/mol. The number of thiophene rings is 1. The Kier molecular flexibility index (Phi) is 7.51. The molecule has 262 valence electrons. The van der Waals surface area contributed by atoms with Crippen molar-refractivity contribution in [2.45, 2.75) is 44.3 Å². The first kappa shape index (κ1) is 32.5. The highest BCUT2D eigenvalue weighted by molar-refractivity contribution is 7.23. The summed E-state index contributed by atoms with van der Waals surface area (Å²) < 4.78 is 54.4. The number of nitriles is 1. The van der Waals surface area contributed by atoms with E-state index in [-0.39, 0.29) is 78.6 Å².